The number of benzene rings is 2. The third-order valence-electron chi connectivity index (χ3n) is 3.26. The first kappa shape index (κ1) is 12.8. The maximum absolute atomic E-state index is 13.2. The van der Waals surface area contributed by atoms with Crippen LogP contribution in [0.4, 0.5) is 10.1 Å². The fourth-order valence-electron chi connectivity index (χ4n) is 2.17. The molecule has 104 valence electrons. The first-order valence-corrected chi connectivity index (χ1v) is 6.61. The van der Waals surface area contributed by atoms with Crippen molar-refractivity contribution in [3.63, 3.8) is 0 Å². The fraction of sp³-hybridized carbons (Fsp3) is 0.250. The largest absolute Gasteiger partial charge is 0.486 e. The third kappa shape index (κ3) is 2.69. The molecule has 0 fully saturated rings. The first-order valence-electron chi connectivity index (χ1n) is 6.61. The Morgan fingerprint density at radius 3 is 2.65 bits per heavy atom. The Hall–Kier alpha value is -2.23. The topological polar surface area (TPSA) is 30.5 Å². The lowest BCUT2D eigenvalue weighted by molar-refractivity contribution is 0.171. The van der Waals surface area contributed by atoms with Crippen molar-refractivity contribution < 1.29 is 13.9 Å². The molecule has 0 bridgehead atoms. The van der Waals surface area contributed by atoms with Crippen LogP contribution in [-0.2, 0) is 6.54 Å². The Bertz CT molecular complexity index is 628. The lowest BCUT2D eigenvalue weighted by Crippen LogP contribution is -2.15. The molecule has 20 heavy (non-hydrogen) atoms. The number of fused-ring (bicyclic) bond motifs is 1. The van der Waals surface area contributed by atoms with Crippen LogP contribution >= 0.6 is 0 Å². The van der Waals surface area contributed by atoms with Gasteiger partial charge in [-0.05, 0) is 36.2 Å². The van der Waals surface area contributed by atoms with Crippen LogP contribution in [0, 0.1) is 12.7 Å². The minimum atomic E-state index is -0.173. The van der Waals surface area contributed by atoms with E-state index in [4.69, 9.17) is 9.47 Å². The molecule has 3 rings (SSSR count). The van der Waals surface area contributed by atoms with Gasteiger partial charge in [0.05, 0.1) is 0 Å². The van der Waals surface area contributed by atoms with Crippen molar-refractivity contribution in [1.29, 1.82) is 0 Å². The van der Waals surface area contributed by atoms with E-state index >= 15 is 0 Å². The summed E-state index contributed by atoms with van der Waals surface area (Å²) >= 11 is 0. The minimum absolute atomic E-state index is 0.173. The number of hydrogen-bond donors (Lipinski definition) is 1. The molecular weight excluding hydrogens is 257 g/mol. The quantitative estimate of drug-likeness (QED) is 0.928. The van der Waals surface area contributed by atoms with Gasteiger partial charge in [0.25, 0.3) is 0 Å². The molecule has 0 saturated heterocycles. The summed E-state index contributed by atoms with van der Waals surface area (Å²) in [6.07, 6.45) is 0. The Kier molecular flexibility index (Phi) is 3.46. The molecule has 1 N–H and O–H groups in total. The summed E-state index contributed by atoms with van der Waals surface area (Å²) in [4.78, 5) is 0. The second kappa shape index (κ2) is 5.41. The number of rotatable bonds is 3. The van der Waals surface area contributed by atoms with Crippen LogP contribution in [0.5, 0.6) is 11.5 Å². The normalized spacial score (nSPS) is 13.1. The lowest BCUT2D eigenvalue weighted by atomic mass is 10.1. The highest BCUT2D eigenvalue weighted by molar-refractivity contribution is 5.55. The van der Waals surface area contributed by atoms with Crippen molar-refractivity contribution in [2.75, 3.05) is 18.5 Å². The molecule has 1 aliphatic heterocycles. The van der Waals surface area contributed by atoms with E-state index in [-0.39, 0.29) is 5.82 Å². The van der Waals surface area contributed by atoms with Gasteiger partial charge in [0.15, 0.2) is 11.5 Å². The van der Waals surface area contributed by atoms with Gasteiger partial charge in [0, 0.05) is 18.3 Å². The van der Waals surface area contributed by atoms with Crippen molar-refractivity contribution >= 4 is 5.69 Å². The maximum Gasteiger partial charge on any atom is 0.163 e. The second-order valence-electron chi connectivity index (χ2n) is 4.80. The molecular formula is C16H16FNO2. The van der Waals surface area contributed by atoms with E-state index in [1.54, 1.807) is 13.0 Å². The molecule has 0 radical (unpaired) electrons. The fourth-order valence-corrected chi connectivity index (χ4v) is 2.17. The van der Waals surface area contributed by atoms with Gasteiger partial charge in [-0.3, -0.25) is 0 Å². The molecule has 4 heteroatoms. The van der Waals surface area contributed by atoms with Gasteiger partial charge in [-0.25, -0.2) is 4.39 Å². The molecule has 0 atom stereocenters. The molecule has 0 saturated carbocycles. The average Bonchev–Trinajstić information content (AvgIpc) is 2.48. The Morgan fingerprint density at radius 1 is 1.05 bits per heavy atom. The zero-order valence-electron chi connectivity index (χ0n) is 11.3. The summed E-state index contributed by atoms with van der Waals surface area (Å²) in [5.74, 6) is 1.36. The molecule has 0 unspecified atom stereocenters. The molecule has 1 aliphatic rings. The summed E-state index contributed by atoms with van der Waals surface area (Å²) in [5, 5.41) is 3.30. The summed E-state index contributed by atoms with van der Waals surface area (Å²) in [5.41, 5.74) is 2.65. The monoisotopic (exact) mass is 273 g/mol. The number of aryl methyl sites for hydroxylation is 1. The summed E-state index contributed by atoms with van der Waals surface area (Å²) in [6, 6.07) is 10.9. The van der Waals surface area contributed by atoms with E-state index < -0.39 is 0 Å². The average molecular weight is 273 g/mol. The van der Waals surface area contributed by atoms with Crippen LogP contribution in [0.25, 0.3) is 0 Å². The van der Waals surface area contributed by atoms with Gasteiger partial charge < -0.3 is 14.8 Å². The van der Waals surface area contributed by atoms with Crippen molar-refractivity contribution in [3.8, 4) is 11.5 Å². The molecule has 0 spiro atoms. The number of nitrogens with one attached hydrogen (secondary N) is 1. The van der Waals surface area contributed by atoms with Crippen molar-refractivity contribution in [1.82, 2.24) is 0 Å². The van der Waals surface area contributed by atoms with E-state index in [2.05, 4.69) is 5.32 Å². The highest BCUT2D eigenvalue weighted by atomic mass is 19.1. The maximum atomic E-state index is 13.2. The number of anilines is 1. The smallest absolute Gasteiger partial charge is 0.163 e. The van der Waals surface area contributed by atoms with Gasteiger partial charge in [0.2, 0.25) is 0 Å². The Morgan fingerprint density at radius 2 is 1.85 bits per heavy atom. The van der Waals surface area contributed by atoms with Crippen LogP contribution in [0.1, 0.15) is 11.1 Å². The van der Waals surface area contributed by atoms with Gasteiger partial charge in [0.1, 0.15) is 19.0 Å². The van der Waals surface area contributed by atoms with E-state index in [1.807, 2.05) is 24.3 Å². The van der Waals surface area contributed by atoms with Crippen molar-refractivity contribution in [2.24, 2.45) is 0 Å². The molecule has 3 nitrogen and oxygen atoms in total. The standard InChI is InChI=1S/C16H16FNO2/c1-11-8-12(2-4-14(11)17)10-18-13-3-5-15-16(9-13)20-7-6-19-15/h2-5,8-9,18H,6-7,10H2,1H3. The summed E-state index contributed by atoms with van der Waals surface area (Å²) in [7, 11) is 0. The van der Waals surface area contributed by atoms with Crippen molar-refractivity contribution in [2.45, 2.75) is 13.5 Å². The number of ether oxygens (including phenoxy) is 2. The van der Waals surface area contributed by atoms with E-state index in [1.165, 1.54) is 6.07 Å². The Balaban J connectivity index is 1.70. The summed E-state index contributed by atoms with van der Waals surface area (Å²) in [6.45, 7) is 3.58. The van der Waals surface area contributed by atoms with Crippen LogP contribution in [0.15, 0.2) is 36.4 Å². The summed E-state index contributed by atoms with van der Waals surface area (Å²) < 4.78 is 24.2. The van der Waals surface area contributed by atoms with Crippen LogP contribution in [0.2, 0.25) is 0 Å². The molecule has 1 heterocycles. The van der Waals surface area contributed by atoms with E-state index in [0.29, 0.717) is 25.3 Å². The first-order chi connectivity index (χ1) is 9.72. The number of halogens is 1. The molecule has 0 amide bonds. The van der Waals surface area contributed by atoms with Gasteiger partial charge >= 0.3 is 0 Å². The predicted molar refractivity (Wildman–Crippen MR) is 75.9 cm³/mol. The zero-order valence-corrected chi connectivity index (χ0v) is 11.3. The van der Waals surface area contributed by atoms with Gasteiger partial charge in [-0.1, -0.05) is 12.1 Å². The third-order valence-corrected chi connectivity index (χ3v) is 3.26. The lowest BCUT2D eigenvalue weighted by Gasteiger charge is -2.19. The molecule has 0 aliphatic carbocycles. The SMILES string of the molecule is Cc1cc(CNc2ccc3c(c2)OCCO3)ccc1F. The molecule has 2 aromatic carbocycles. The molecule has 0 aromatic heterocycles. The van der Waals surface area contributed by atoms with Gasteiger partial charge in [-0.2, -0.15) is 0 Å². The van der Waals surface area contributed by atoms with Crippen LogP contribution < -0.4 is 14.8 Å². The minimum Gasteiger partial charge on any atom is -0.486 e. The molecule has 2 aromatic rings. The van der Waals surface area contributed by atoms with E-state index in [0.717, 1.165) is 22.7 Å². The second-order valence-corrected chi connectivity index (χ2v) is 4.80. The van der Waals surface area contributed by atoms with E-state index in [9.17, 15) is 4.39 Å². The van der Waals surface area contributed by atoms with Crippen molar-refractivity contribution in [3.05, 3.63) is 53.3 Å². The zero-order chi connectivity index (χ0) is 13.9. The Labute approximate surface area is 117 Å². The van der Waals surface area contributed by atoms with Crippen LogP contribution in [-0.4, -0.2) is 13.2 Å². The van der Waals surface area contributed by atoms with Gasteiger partial charge in [-0.15, -0.1) is 0 Å². The number of hydrogen-bond acceptors (Lipinski definition) is 3. The highest BCUT2D eigenvalue weighted by Crippen LogP contribution is 2.32. The van der Waals surface area contributed by atoms with Crippen LogP contribution in [0.3, 0.4) is 0 Å². The predicted octanol–water partition coefficient (Wildman–Crippen LogP) is 3.52. The highest BCUT2D eigenvalue weighted by Gasteiger charge is 2.11.